The van der Waals surface area contributed by atoms with Crippen LogP contribution in [0.3, 0.4) is 0 Å². The van der Waals surface area contributed by atoms with E-state index in [0.29, 0.717) is 43.3 Å². The Kier molecular flexibility index (Phi) is 5.93. The van der Waals surface area contributed by atoms with Crippen LogP contribution in [0.2, 0.25) is 0 Å². The lowest BCUT2D eigenvalue weighted by Crippen LogP contribution is -2.38. The van der Waals surface area contributed by atoms with Crippen LogP contribution >= 0.6 is 0 Å². The van der Waals surface area contributed by atoms with Gasteiger partial charge in [-0.3, -0.25) is 14.5 Å². The van der Waals surface area contributed by atoms with Crippen LogP contribution in [0.15, 0.2) is 51.5 Å². The Morgan fingerprint density at radius 2 is 2.06 bits per heavy atom. The summed E-state index contributed by atoms with van der Waals surface area (Å²) < 4.78 is 11.1. The molecule has 4 heterocycles. The molecule has 0 bridgehead atoms. The van der Waals surface area contributed by atoms with E-state index >= 15 is 0 Å². The Morgan fingerprint density at radius 3 is 2.74 bits per heavy atom. The highest BCUT2D eigenvalue weighted by atomic mass is 16.4. The zero-order valence-corrected chi connectivity index (χ0v) is 18.7. The molecule has 2 fully saturated rings. The van der Waals surface area contributed by atoms with Gasteiger partial charge in [-0.25, -0.2) is 4.79 Å². The number of anilines is 2. The molecule has 0 unspecified atom stereocenters. The van der Waals surface area contributed by atoms with Crippen molar-refractivity contribution in [2.24, 2.45) is 5.92 Å². The maximum absolute atomic E-state index is 12.9. The number of carbonyl (C=O) groups excluding carboxylic acids is 3. The number of nitrogens with one attached hydrogen (secondary N) is 2. The van der Waals surface area contributed by atoms with Crippen LogP contribution in [0.5, 0.6) is 0 Å². The van der Waals surface area contributed by atoms with Crippen molar-refractivity contribution < 1.29 is 23.2 Å². The molecule has 178 valence electrons. The molecule has 2 N–H and O–H groups in total. The number of furan rings is 1. The van der Waals surface area contributed by atoms with Crippen LogP contribution < -0.4 is 15.5 Å². The number of imide groups is 1. The number of piperidine rings is 1. The number of benzene rings is 1. The van der Waals surface area contributed by atoms with Crippen molar-refractivity contribution in [3.8, 4) is 17.7 Å². The molecule has 1 aromatic carbocycles. The minimum absolute atomic E-state index is 0.00203. The summed E-state index contributed by atoms with van der Waals surface area (Å²) in [6, 6.07) is 12.2. The number of urea groups is 1. The van der Waals surface area contributed by atoms with E-state index in [9.17, 15) is 19.6 Å². The molecule has 0 saturated carbocycles. The highest BCUT2D eigenvalue weighted by Gasteiger charge is 2.30. The maximum Gasteiger partial charge on any atom is 0.324 e. The predicted octanol–water partition coefficient (Wildman–Crippen LogP) is 2.71. The summed E-state index contributed by atoms with van der Waals surface area (Å²) in [5, 5.41) is 14.9. The van der Waals surface area contributed by atoms with Gasteiger partial charge in [0.25, 0.3) is 5.89 Å². The number of amides is 4. The second-order valence-corrected chi connectivity index (χ2v) is 8.35. The zero-order valence-electron chi connectivity index (χ0n) is 18.7. The highest BCUT2D eigenvalue weighted by Crippen LogP contribution is 2.31. The second kappa shape index (κ2) is 9.34. The monoisotopic (exact) mass is 474 g/mol. The summed E-state index contributed by atoms with van der Waals surface area (Å²) in [5.41, 5.74) is 1.53. The standard InChI is InChI=1S/C24H22N6O5/c25-12-18-23(35-22(28-18)19-5-2-10-34-19)29-8-6-16(7-9-29)21(32)27-17-4-1-3-15(11-17)14-30-20(31)13-26-24(30)33/h1-5,10-11,16H,6-9,13-14H2,(H,26,33)(H,27,32). The summed E-state index contributed by atoms with van der Waals surface area (Å²) in [5.74, 6) is 0.475. The molecular weight excluding hydrogens is 452 g/mol. The van der Waals surface area contributed by atoms with Gasteiger partial charge < -0.3 is 24.4 Å². The minimum atomic E-state index is -0.418. The van der Waals surface area contributed by atoms with Crippen molar-refractivity contribution in [1.82, 2.24) is 15.2 Å². The van der Waals surface area contributed by atoms with Crippen LogP contribution in [0, 0.1) is 17.2 Å². The number of aromatic nitrogens is 1. The van der Waals surface area contributed by atoms with E-state index in [1.54, 1.807) is 36.4 Å². The molecule has 0 spiro atoms. The Hall–Kier alpha value is -4.59. The lowest BCUT2D eigenvalue weighted by molar-refractivity contribution is -0.125. The number of hydrogen-bond acceptors (Lipinski definition) is 8. The fourth-order valence-corrected chi connectivity index (χ4v) is 4.24. The number of hydrogen-bond donors (Lipinski definition) is 2. The molecule has 3 aromatic rings. The minimum Gasteiger partial charge on any atom is -0.459 e. The second-order valence-electron chi connectivity index (χ2n) is 8.35. The van der Waals surface area contributed by atoms with E-state index in [-0.39, 0.29) is 42.4 Å². The van der Waals surface area contributed by atoms with Crippen LogP contribution in [-0.4, -0.2) is 47.4 Å². The molecule has 11 nitrogen and oxygen atoms in total. The molecule has 0 atom stereocenters. The fraction of sp³-hybridized carbons (Fsp3) is 0.292. The van der Waals surface area contributed by atoms with Crippen LogP contribution in [0.4, 0.5) is 16.4 Å². The van der Waals surface area contributed by atoms with Crippen molar-refractivity contribution >= 4 is 29.4 Å². The Bertz CT molecular complexity index is 1280. The lowest BCUT2D eigenvalue weighted by Gasteiger charge is -2.31. The molecule has 2 aliphatic heterocycles. The zero-order chi connectivity index (χ0) is 24.4. The SMILES string of the molecule is N#Cc1nc(-c2ccco2)oc1N1CCC(C(=O)Nc2cccc(CN3C(=O)CNC3=O)c2)CC1. The summed E-state index contributed by atoms with van der Waals surface area (Å²) in [6.45, 7) is 1.21. The van der Waals surface area contributed by atoms with Gasteiger partial charge >= 0.3 is 6.03 Å². The highest BCUT2D eigenvalue weighted by molar-refractivity contribution is 6.01. The summed E-state index contributed by atoms with van der Waals surface area (Å²) in [6.07, 6.45) is 2.67. The Balaban J connectivity index is 1.19. The lowest BCUT2D eigenvalue weighted by atomic mass is 9.95. The number of nitriles is 1. The summed E-state index contributed by atoms with van der Waals surface area (Å²) in [4.78, 5) is 43.8. The normalized spacial score (nSPS) is 16.3. The van der Waals surface area contributed by atoms with Crippen LogP contribution in [-0.2, 0) is 16.1 Å². The first-order valence-corrected chi connectivity index (χ1v) is 11.2. The predicted molar refractivity (Wildman–Crippen MR) is 123 cm³/mol. The topological polar surface area (TPSA) is 145 Å². The van der Waals surface area contributed by atoms with E-state index in [1.165, 1.54) is 6.26 Å². The number of rotatable bonds is 6. The number of carbonyl (C=O) groups is 3. The molecule has 2 aromatic heterocycles. The van der Waals surface area contributed by atoms with Crippen molar-refractivity contribution in [1.29, 1.82) is 5.26 Å². The Morgan fingerprint density at radius 1 is 1.23 bits per heavy atom. The molecule has 0 aliphatic carbocycles. The van der Waals surface area contributed by atoms with Gasteiger partial charge in [0.1, 0.15) is 6.07 Å². The van der Waals surface area contributed by atoms with Gasteiger partial charge in [-0.2, -0.15) is 10.2 Å². The van der Waals surface area contributed by atoms with Gasteiger partial charge in [-0.1, -0.05) is 12.1 Å². The van der Waals surface area contributed by atoms with Crippen LogP contribution in [0.25, 0.3) is 11.7 Å². The molecule has 4 amide bonds. The summed E-state index contributed by atoms with van der Waals surface area (Å²) >= 11 is 0. The molecule has 11 heteroatoms. The molecule has 35 heavy (non-hydrogen) atoms. The molecule has 5 rings (SSSR count). The fourth-order valence-electron chi connectivity index (χ4n) is 4.24. The van der Waals surface area contributed by atoms with Gasteiger partial charge in [-0.15, -0.1) is 0 Å². The van der Waals surface area contributed by atoms with Crippen molar-refractivity contribution in [3.05, 3.63) is 53.9 Å². The first-order valence-electron chi connectivity index (χ1n) is 11.2. The van der Waals surface area contributed by atoms with E-state index in [4.69, 9.17) is 8.83 Å². The molecule has 2 aliphatic rings. The average molecular weight is 474 g/mol. The maximum atomic E-state index is 12.9. The van der Waals surface area contributed by atoms with E-state index in [0.717, 1.165) is 10.5 Å². The van der Waals surface area contributed by atoms with E-state index in [2.05, 4.69) is 21.7 Å². The smallest absolute Gasteiger partial charge is 0.324 e. The molecule has 0 radical (unpaired) electrons. The third-order valence-electron chi connectivity index (χ3n) is 6.07. The summed E-state index contributed by atoms with van der Waals surface area (Å²) in [7, 11) is 0. The van der Waals surface area contributed by atoms with Crippen molar-refractivity contribution in [3.63, 3.8) is 0 Å². The van der Waals surface area contributed by atoms with E-state index < -0.39 is 6.03 Å². The van der Waals surface area contributed by atoms with Crippen LogP contribution in [0.1, 0.15) is 24.1 Å². The first-order chi connectivity index (χ1) is 17.0. The molecule has 2 saturated heterocycles. The number of oxazole rings is 1. The van der Waals surface area contributed by atoms with Gasteiger partial charge in [0.2, 0.25) is 23.4 Å². The molecular formula is C24H22N6O5. The third-order valence-corrected chi connectivity index (χ3v) is 6.07. The largest absolute Gasteiger partial charge is 0.459 e. The van der Waals surface area contributed by atoms with Gasteiger partial charge in [0.15, 0.2) is 5.76 Å². The Labute approximate surface area is 200 Å². The van der Waals surface area contributed by atoms with Crippen molar-refractivity contribution in [2.75, 3.05) is 29.9 Å². The van der Waals surface area contributed by atoms with Gasteiger partial charge in [-0.05, 0) is 42.7 Å². The van der Waals surface area contributed by atoms with Crippen molar-refractivity contribution in [2.45, 2.75) is 19.4 Å². The number of nitrogens with zero attached hydrogens (tertiary/aromatic N) is 4. The quantitative estimate of drug-likeness (QED) is 0.519. The van der Waals surface area contributed by atoms with Gasteiger partial charge in [0.05, 0.1) is 19.4 Å². The third kappa shape index (κ3) is 4.59. The van der Waals surface area contributed by atoms with E-state index in [1.807, 2.05) is 4.90 Å². The average Bonchev–Trinajstić information content (AvgIpc) is 3.62. The first kappa shape index (κ1) is 22.2. The van der Waals surface area contributed by atoms with Gasteiger partial charge in [0, 0.05) is 24.7 Å².